The summed E-state index contributed by atoms with van der Waals surface area (Å²) in [6, 6.07) is 10.8. The molecule has 2 N–H and O–H groups in total. The minimum absolute atomic E-state index is 0.0699. The maximum atomic E-state index is 4.91. The Kier molecular flexibility index (Phi) is 4.83. The second-order valence-corrected chi connectivity index (χ2v) is 6.68. The van der Waals surface area contributed by atoms with Crippen molar-refractivity contribution in [3.8, 4) is 0 Å². The van der Waals surface area contributed by atoms with E-state index in [0.717, 1.165) is 44.8 Å². The summed E-state index contributed by atoms with van der Waals surface area (Å²) in [7, 11) is 0. The molecule has 0 radical (unpaired) electrons. The summed E-state index contributed by atoms with van der Waals surface area (Å²) in [6.07, 6.45) is 1.98. The number of benzene rings is 1. The lowest BCUT2D eigenvalue weighted by atomic mass is 9.85. The Bertz CT molecular complexity index is 628. The van der Waals surface area contributed by atoms with Crippen LogP contribution in [0.5, 0.6) is 0 Å². The van der Waals surface area contributed by atoms with Gasteiger partial charge in [0.15, 0.2) is 0 Å². The SMILES string of the molecule is CCc1[nH]c(C)nc1C(C)(Cc1ccccc1)N1CCNCC1. The largest absolute Gasteiger partial charge is 0.346 e. The minimum Gasteiger partial charge on any atom is -0.346 e. The first-order chi connectivity index (χ1) is 11.1. The van der Waals surface area contributed by atoms with E-state index >= 15 is 0 Å². The van der Waals surface area contributed by atoms with Crippen LogP contribution < -0.4 is 5.32 Å². The van der Waals surface area contributed by atoms with Crippen molar-refractivity contribution >= 4 is 0 Å². The van der Waals surface area contributed by atoms with Gasteiger partial charge in [0.2, 0.25) is 0 Å². The second-order valence-electron chi connectivity index (χ2n) is 6.68. The summed E-state index contributed by atoms with van der Waals surface area (Å²) in [5.74, 6) is 1.02. The molecule has 1 aromatic carbocycles. The van der Waals surface area contributed by atoms with Crippen LogP contribution in [0, 0.1) is 6.92 Å². The van der Waals surface area contributed by atoms with E-state index in [0.29, 0.717) is 0 Å². The fraction of sp³-hybridized carbons (Fsp3) is 0.526. The van der Waals surface area contributed by atoms with Gasteiger partial charge in [0.25, 0.3) is 0 Å². The van der Waals surface area contributed by atoms with Crippen molar-refractivity contribution in [2.24, 2.45) is 0 Å². The maximum Gasteiger partial charge on any atom is 0.103 e. The monoisotopic (exact) mass is 312 g/mol. The molecule has 1 aliphatic rings. The molecule has 1 fully saturated rings. The van der Waals surface area contributed by atoms with Crippen molar-refractivity contribution in [1.29, 1.82) is 0 Å². The Morgan fingerprint density at radius 2 is 1.87 bits per heavy atom. The highest BCUT2D eigenvalue weighted by molar-refractivity contribution is 5.28. The van der Waals surface area contributed by atoms with Crippen LogP contribution in [0.25, 0.3) is 0 Å². The minimum atomic E-state index is -0.0699. The van der Waals surface area contributed by atoms with Gasteiger partial charge in [0.1, 0.15) is 5.82 Å². The fourth-order valence-electron chi connectivity index (χ4n) is 3.74. The van der Waals surface area contributed by atoms with E-state index < -0.39 is 0 Å². The van der Waals surface area contributed by atoms with E-state index in [-0.39, 0.29) is 5.54 Å². The van der Waals surface area contributed by atoms with E-state index in [9.17, 15) is 0 Å². The normalized spacial score (nSPS) is 18.7. The van der Waals surface area contributed by atoms with E-state index in [1.807, 2.05) is 0 Å². The summed E-state index contributed by atoms with van der Waals surface area (Å²) in [5, 5.41) is 3.47. The van der Waals surface area contributed by atoms with Crippen molar-refractivity contribution in [2.45, 2.75) is 39.2 Å². The highest BCUT2D eigenvalue weighted by atomic mass is 15.3. The number of hydrogen-bond donors (Lipinski definition) is 2. The molecule has 23 heavy (non-hydrogen) atoms. The lowest BCUT2D eigenvalue weighted by molar-refractivity contribution is 0.0819. The second kappa shape index (κ2) is 6.85. The third-order valence-corrected chi connectivity index (χ3v) is 4.97. The number of piperazine rings is 1. The maximum absolute atomic E-state index is 4.91. The first-order valence-corrected chi connectivity index (χ1v) is 8.69. The molecule has 1 unspecified atom stereocenters. The Morgan fingerprint density at radius 3 is 2.52 bits per heavy atom. The molecule has 2 heterocycles. The van der Waals surface area contributed by atoms with Crippen LogP contribution in [0.1, 0.15) is 36.6 Å². The van der Waals surface area contributed by atoms with E-state index in [1.165, 1.54) is 17.0 Å². The molecule has 1 atom stereocenters. The van der Waals surface area contributed by atoms with Crippen molar-refractivity contribution in [1.82, 2.24) is 20.2 Å². The van der Waals surface area contributed by atoms with Crippen LogP contribution in [0.15, 0.2) is 30.3 Å². The number of nitrogens with zero attached hydrogens (tertiary/aromatic N) is 2. The third kappa shape index (κ3) is 3.33. The number of imidazole rings is 1. The van der Waals surface area contributed by atoms with Crippen LogP contribution in [-0.2, 0) is 18.4 Å². The summed E-state index contributed by atoms with van der Waals surface area (Å²) >= 11 is 0. The van der Waals surface area contributed by atoms with Crippen LogP contribution in [-0.4, -0.2) is 41.0 Å². The molecular weight excluding hydrogens is 284 g/mol. The highest BCUT2D eigenvalue weighted by Gasteiger charge is 2.38. The number of H-pyrrole nitrogens is 1. The van der Waals surface area contributed by atoms with Gasteiger partial charge in [0, 0.05) is 31.9 Å². The quantitative estimate of drug-likeness (QED) is 0.892. The van der Waals surface area contributed by atoms with Gasteiger partial charge in [-0.3, -0.25) is 4.90 Å². The molecule has 0 bridgehead atoms. The topological polar surface area (TPSA) is 44.0 Å². The summed E-state index contributed by atoms with van der Waals surface area (Å²) in [4.78, 5) is 11.0. The highest BCUT2D eigenvalue weighted by Crippen LogP contribution is 2.33. The predicted molar refractivity (Wildman–Crippen MR) is 94.6 cm³/mol. The molecule has 3 rings (SSSR count). The summed E-state index contributed by atoms with van der Waals surface area (Å²) in [6.45, 7) is 10.9. The van der Waals surface area contributed by atoms with Gasteiger partial charge in [-0.1, -0.05) is 37.3 Å². The van der Waals surface area contributed by atoms with Gasteiger partial charge in [-0.15, -0.1) is 0 Å². The van der Waals surface area contributed by atoms with Crippen LogP contribution in [0.4, 0.5) is 0 Å². The van der Waals surface area contributed by atoms with Crippen LogP contribution in [0.3, 0.4) is 0 Å². The van der Waals surface area contributed by atoms with Crippen molar-refractivity contribution in [3.05, 3.63) is 53.1 Å². The van der Waals surface area contributed by atoms with Crippen molar-refractivity contribution in [2.75, 3.05) is 26.2 Å². The number of nitrogens with one attached hydrogen (secondary N) is 2. The van der Waals surface area contributed by atoms with Gasteiger partial charge in [-0.25, -0.2) is 4.98 Å². The molecule has 0 aliphatic carbocycles. The van der Waals surface area contributed by atoms with Crippen molar-refractivity contribution < 1.29 is 0 Å². The van der Waals surface area contributed by atoms with Crippen molar-refractivity contribution in [3.63, 3.8) is 0 Å². The number of rotatable bonds is 5. The zero-order valence-corrected chi connectivity index (χ0v) is 14.5. The Balaban J connectivity index is 2.01. The zero-order chi connectivity index (χ0) is 16.3. The number of aromatic nitrogens is 2. The summed E-state index contributed by atoms with van der Waals surface area (Å²) < 4.78 is 0. The lowest BCUT2D eigenvalue weighted by Gasteiger charge is -2.43. The molecule has 0 spiro atoms. The molecule has 124 valence electrons. The fourth-order valence-corrected chi connectivity index (χ4v) is 3.74. The van der Waals surface area contributed by atoms with E-state index in [2.05, 4.69) is 66.3 Å². The molecular formula is C19H28N4. The van der Waals surface area contributed by atoms with Gasteiger partial charge in [0.05, 0.1) is 11.2 Å². The van der Waals surface area contributed by atoms with Crippen LogP contribution in [0.2, 0.25) is 0 Å². The first kappa shape index (κ1) is 16.2. The van der Waals surface area contributed by atoms with Gasteiger partial charge in [-0.2, -0.15) is 0 Å². The molecule has 0 amide bonds. The Hall–Kier alpha value is -1.65. The standard InChI is InChI=1S/C19H28N4/c1-4-17-18(22-15(2)21-17)19(3,23-12-10-20-11-13-23)14-16-8-6-5-7-9-16/h5-9,20H,4,10-14H2,1-3H3,(H,21,22). The average Bonchev–Trinajstić information content (AvgIpc) is 2.98. The average molecular weight is 312 g/mol. The Labute approximate surface area is 139 Å². The van der Waals surface area contributed by atoms with Crippen LogP contribution >= 0.6 is 0 Å². The summed E-state index contributed by atoms with van der Waals surface area (Å²) in [5.41, 5.74) is 3.80. The molecule has 1 aromatic heterocycles. The number of aromatic amines is 1. The molecule has 4 heteroatoms. The molecule has 1 saturated heterocycles. The lowest BCUT2D eigenvalue weighted by Crippen LogP contribution is -2.54. The van der Waals surface area contributed by atoms with Gasteiger partial charge < -0.3 is 10.3 Å². The van der Waals surface area contributed by atoms with E-state index in [1.54, 1.807) is 0 Å². The first-order valence-electron chi connectivity index (χ1n) is 8.69. The van der Waals surface area contributed by atoms with Gasteiger partial charge >= 0.3 is 0 Å². The molecule has 0 saturated carbocycles. The molecule has 4 nitrogen and oxygen atoms in total. The third-order valence-electron chi connectivity index (χ3n) is 4.97. The van der Waals surface area contributed by atoms with E-state index in [4.69, 9.17) is 4.98 Å². The zero-order valence-electron chi connectivity index (χ0n) is 14.5. The molecule has 1 aliphatic heterocycles. The number of aryl methyl sites for hydroxylation is 2. The Morgan fingerprint density at radius 1 is 1.17 bits per heavy atom. The smallest absolute Gasteiger partial charge is 0.103 e. The molecule has 2 aromatic rings. The number of hydrogen-bond acceptors (Lipinski definition) is 3. The predicted octanol–water partition coefficient (Wildman–Crippen LogP) is 2.64. The van der Waals surface area contributed by atoms with Gasteiger partial charge in [-0.05, 0) is 32.3 Å².